The molecule has 0 saturated heterocycles. The molecule has 264 valence electrons. The molecule has 1 heterocycles. The molecule has 3 aliphatic rings. The lowest BCUT2D eigenvalue weighted by molar-refractivity contribution is -0.0498. The van der Waals surface area contributed by atoms with Gasteiger partial charge in [0.2, 0.25) is 0 Å². The van der Waals surface area contributed by atoms with E-state index in [2.05, 4.69) is 41.3 Å². The fourth-order valence-corrected chi connectivity index (χ4v) is 7.87. The van der Waals surface area contributed by atoms with Crippen molar-refractivity contribution in [2.75, 3.05) is 5.32 Å². The lowest BCUT2D eigenvalue weighted by Gasteiger charge is -2.22. The van der Waals surface area contributed by atoms with Gasteiger partial charge in [-0.15, -0.1) is 0 Å². The summed E-state index contributed by atoms with van der Waals surface area (Å²) < 4.78 is 30.0. The normalized spacial score (nSPS) is 21.6. The average molecular weight is 671 g/mol. The van der Waals surface area contributed by atoms with Crippen molar-refractivity contribution in [2.45, 2.75) is 130 Å². The van der Waals surface area contributed by atoms with Gasteiger partial charge in [-0.1, -0.05) is 108 Å². The number of carbonyl (C=O) groups excluding carboxylic acids is 1. The van der Waals surface area contributed by atoms with Crippen LogP contribution in [-0.2, 0) is 0 Å². The number of carbonyl (C=O) groups is 1. The summed E-state index contributed by atoms with van der Waals surface area (Å²) in [6.45, 7) is 1.48. The molecule has 4 nitrogen and oxygen atoms in total. The summed E-state index contributed by atoms with van der Waals surface area (Å²) in [6, 6.07) is 12.9. The van der Waals surface area contributed by atoms with Crippen molar-refractivity contribution in [1.29, 1.82) is 0 Å². The Labute approximate surface area is 293 Å². The van der Waals surface area contributed by atoms with E-state index >= 15 is 0 Å². The summed E-state index contributed by atoms with van der Waals surface area (Å²) in [5.74, 6) is 1.95. The molecule has 1 fully saturated rings. The molecule has 0 aromatic heterocycles. The highest BCUT2D eigenvalue weighted by molar-refractivity contribution is 6.12. The molecular formula is C43H56F2N2O2. The number of nitrogens with one attached hydrogen (secondary N) is 1. The number of anilines is 1. The largest absolute Gasteiger partial charge is 0.435 e. The monoisotopic (exact) mass is 670 g/mol. The fraction of sp³-hybridized carbons (Fsp3) is 0.535. The number of ether oxygens (including phenoxy) is 1. The zero-order chi connectivity index (χ0) is 34.4. The van der Waals surface area contributed by atoms with Crippen LogP contribution in [-0.4, -0.2) is 18.1 Å². The molecule has 0 bridgehead atoms. The summed E-state index contributed by atoms with van der Waals surface area (Å²) in [7, 11) is 0. The third-order valence-electron chi connectivity index (χ3n) is 10.8. The topological polar surface area (TPSA) is 50.7 Å². The van der Waals surface area contributed by atoms with Gasteiger partial charge < -0.3 is 10.1 Å². The van der Waals surface area contributed by atoms with E-state index in [0.717, 1.165) is 83.8 Å². The first-order valence-electron chi connectivity index (χ1n) is 19.0. The van der Waals surface area contributed by atoms with Crippen molar-refractivity contribution < 1.29 is 18.3 Å². The van der Waals surface area contributed by atoms with Crippen LogP contribution >= 0.6 is 0 Å². The Morgan fingerprint density at radius 1 is 0.918 bits per heavy atom. The number of nitrogens with zero attached hydrogens (tertiary/aromatic N) is 1. The smallest absolute Gasteiger partial charge is 0.387 e. The van der Waals surface area contributed by atoms with Crippen LogP contribution < -0.4 is 10.1 Å². The maximum absolute atomic E-state index is 13.5. The molecule has 6 heteroatoms. The average Bonchev–Trinajstić information content (AvgIpc) is 3.56. The lowest BCUT2D eigenvalue weighted by atomic mass is 9.85. The first-order chi connectivity index (χ1) is 23.9. The second kappa shape index (κ2) is 19.0. The second-order valence-electron chi connectivity index (χ2n) is 14.3. The minimum absolute atomic E-state index is 0.0633. The number of aliphatic imine (C=N–C) groups is 1. The van der Waals surface area contributed by atoms with Gasteiger partial charge in [0.05, 0.1) is 11.4 Å². The number of hydrogen-bond donors (Lipinski definition) is 1. The Balaban J connectivity index is 1.20. The van der Waals surface area contributed by atoms with Gasteiger partial charge >= 0.3 is 6.61 Å². The molecule has 1 aliphatic heterocycles. The van der Waals surface area contributed by atoms with Gasteiger partial charge in [0.25, 0.3) is 0 Å². The summed E-state index contributed by atoms with van der Waals surface area (Å²) in [5, 5.41) is 3.66. The van der Waals surface area contributed by atoms with Crippen molar-refractivity contribution in [3.05, 3.63) is 89.3 Å². The van der Waals surface area contributed by atoms with Gasteiger partial charge in [0, 0.05) is 29.8 Å². The van der Waals surface area contributed by atoms with E-state index < -0.39 is 6.61 Å². The molecule has 49 heavy (non-hydrogen) atoms. The van der Waals surface area contributed by atoms with Gasteiger partial charge in [-0.25, -0.2) is 0 Å². The van der Waals surface area contributed by atoms with Gasteiger partial charge in [0.1, 0.15) is 5.75 Å². The maximum atomic E-state index is 13.5. The first kappa shape index (κ1) is 36.7. The zero-order valence-electron chi connectivity index (χ0n) is 29.7. The molecule has 1 saturated carbocycles. The predicted octanol–water partition coefficient (Wildman–Crippen LogP) is 12.7. The number of halogens is 2. The summed E-state index contributed by atoms with van der Waals surface area (Å²) >= 11 is 0. The van der Waals surface area contributed by atoms with E-state index in [0.29, 0.717) is 12.3 Å². The Kier molecular flexibility index (Phi) is 14.3. The standard InChI is InChI=1S/C43H56F2N2O2/c1-3-32(19-20-33-15-11-7-4-5-8-12-16-33)21-28-41(48)37-27-24-35(29-31(37)2)47-40-18-14-10-6-9-13-17-38-39(30-46-42(38)40)34-22-25-36(26-23-34)49-43(44)45/h6,9,18,22-27,29-30,32-33,38,43,47H,3-5,7-8,10-17,19-21,28H2,1-2H3/b9-6-,40-18+. The minimum atomic E-state index is -2.85. The molecule has 2 unspecified atom stereocenters. The number of rotatable bonds is 13. The number of alkyl halides is 2. The molecule has 2 aromatic rings. The number of Topliss-reactive ketones (excluding diaryl/α,β-unsaturated/α-hetero) is 1. The van der Waals surface area contributed by atoms with Crippen molar-refractivity contribution in [2.24, 2.45) is 22.7 Å². The number of aryl methyl sites for hydroxylation is 1. The highest BCUT2D eigenvalue weighted by Crippen LogP contribution is 2.37. The Bertz CT molecular complexity index is 1480. The highest BCUT2D eigenvalue weighted by atomic mass is 19.3. The molecule has 0 spiro atoms. The Morgan fingerprint density at radius 3 is 2.37 bits per heavy atom. The van der Waals surface area contributed by atoms with Crippen molar-refractivity contribution in [3.63, 3.8) is 0 Å². The molecule has 0 radical (unpaired) electrons. The van der Waals surface area contributed by atoms with E-state index in [1.165, 1.54) is 64.2 Å². The van der Waals surface area contributed by atoms with Gasteiger partial charge in [0.15, 0.2) is 5.78 Å². The van der Waals surface area contributed by atoms with E-state index in [-0.39, 0.29) is 17.5 Å². The third-order valence-corrected chi connectivity index (χ3v) is 10.8. The Morgan fingerprint density at radius 2 is 1.65 bits per heavy atom. The summed E-state index contributed by atoms with van der Waals surface area (Å²) in [4.78, 5) is 18.4. The zero-order valence-corrected chi connectivity index (χ0v) is 29.7. The van der Waals surface area contributed by atoms with Gasteiger partial charge in [-0.05, 0) is 97.9 Å². The molecule has 2 aliphatic carbocycles. The quantitative estimate of drug-likeness (QED) is 0.170. The van der Waals surface area contributed by atoms with Crippen LogP contribution in [0.4, 0.5) is 14.5 Å². The van der Waals surface area contributed by atoms with Crippen LogP contribution in [0.15, 0.2) is 77.6 Å². The molecule has 2 aromatic carbocycles. The number of allylic oxidation sites excluding steroid dienone is 5. The number of benzene rings is 2. The Hall–Kier alpha value is -3.54. The van der Waals surface area contributed by atoms with Crippen LogP contribution in [0.1, 0.15) is 138 Å². The fourth-order valence-electron chi connectivity index (χ4n) is 7.87. The SMILES string of the molecule is CCC(CCC(=O)c1ccc(N/C2=C/CC/C=C\CCC3C(c4ccc(OC(F)F)cc4)=CN=C23)cc1C)CCC1CCCCCCCC1. The molecule has 5 rings (SSSR count). The van der Waals surface area contributed by atoms with Gasteiger partial charge in [-0.2, -0.15) is 8.78 Å². The van der Waals surface area contributed by atoms with Crippen LogP contribution in [0.25, 0.3) is 5.57 Å². The number of hydrogen-bond acceptors (Lipinski definition) is 4. The number of ketones is 1. The minimum Gasteiger partial charge on any atom is -0.435 e. The predicted molar refractivity (Wildman–Crippen MR) is 199 cm³/mol. The van der Waals surface area contributed by atoms with Crippen LogP contribution in [0.2, 0.25) is 0 Å². The van der Waals surface area contributed by atoms with E-state index in [4.69, 9.17) is 4.99 Å². The van der Waals surface area contributed by atoms with Gasteiger partial charge in [-0.3, -0.25) is 9.79 Å². The molecule has 2 atom stereocenters. The third kappa shape index (κ3) is 11.0. The van der Waals surface area contributed by atoms with Crippen molar-refractivity contribution >= 4 is 22.8 Å². The lowest BCUT2D eigenvalue weighted by Crippen LogP contribution is -2.20. The molecule has 0 amide bonds. The highest BCUT2D eigenvalue weighted by Gasteiger charge is 2.29. The summed E-state index contributed by atoms with van der Waals surface area (Å²) in [5.41, 5.74) is 6.74. The van der Waals surface area contributed by atoms with Crippen LogP contribution in [0.3, 0.4) is 0 Å². The van der Waals surface area contributed by atoms with Crippen LogP contribution in [0, 0.1) is 24.7 Å². The van der Waals surface area contributed by atoms with E-state index in [1.807, 2.05) is 37.4 Å². The van der Waals surface area contributed by atoms with E-state index in [1.54, 1.807) is 12.1 Å². The molecule has 1 N–H and O–H groups in total. The molecular weight excluding hydrogens is 614 g/mol. The maximum Gasteiger partial charge on any atom is 0.387 e. The van der Waals surface area contributed by atoms with Crippen LogP contribution in [0.5, 0.6) is 5.75 Å². The van der Waals surface area contributed by atoms with Crippen molar-refractivity contribution in [1.82, 2.24) is 0 Å². The first-order valence-corrected chi connectivity index (χ1v) is 19.0. The van der Waals surface area contributed by atoms with E-state index in [9.17, 15) is 13.6 Å². The summed E-state index contributed by atoms with van der Waals surface area (Å²) in [6.07, 6.45) is 28.8. The second-order valence-corrected chi connectivity index (χ2v) is 14.3. The number of fused-ring (bicyclic) bond motifs is 1. The van der Waals surface area contributed by atoms with Crippen molar-refractivity contribution in [3.8, 4) is 5.75 Å².